The number of methoxy groups -OCH3 is 1. The molecule has 0 radical (unpaired) electrons. The van der Waals surface area contributed by atoms with Crippen LogP contribution in [0.1, 0.15) is 22.8 Å². The Labute approximate surface area is 148 Å². The van der Waals surface area contributed by atoms with Gasteiger partial charge in [-0.25, -0.2) is 5.43 Å². The summed E-state index contributed by atoms with van der Waals surface area (Å²) in [6.07, 6.45) is 1.38. The van der Waals surface area contributed by atoms with Crippen LogP contribution < -0.4 is 14.9 Å². The van der Waals surface area contributed by atoms with Gasteiger partial charge in [-0.15, -0.1) is 0 Å². The highest BCUT2D eigenvalue weighted by molar-refractivity contribution is 5.95. The first-order chi connectivity index (χ1) is 12.4. The molecule has 26 heavy (non-hydrogen) atoms. The van der Waals surface area contributed by atoms with Crippen molar-refractivity contribution in [1.82, 2.24) is 5.43 Å². The van der Waals surface area contributed by atoms with Crippen LogP contribution in [-0.2, 0) is 4.79 Å². The Balaban J connectivity index is 2.04. The van der Waals surface area contributed by atoms with Gasteiger partial charge in [0, 0.05) is 24.6 Å². The van der Waals surface area contributed by atoms with E-state index in [0.717, 1.165) is 0 Å². The van der Waals surface area contributed by atoms with E-state index in [0.29, 0.717) is 11.3 Å². The molecule has 2 aromatic carbocycles. The van der Waals surface area contributed by atoms with Gasteiger partial charge in [-0.1, -0.05) is 0 Å². The van der Waals surface area contributed by atoms with Crippen LogP contribution in [0.25, 0.3) is 0 Å². The fourth-order valence-electron chi connectivity index (χ4n) is 1.97. The van der Waals surface area contributed by atoms with Crippen LogP contribution in [0, 0.1) is 10.1 Å². The summed E-state index contributed by atoms with van der Waals surface area (Å²) in [5.41, 5.74) is 3.04. The molecule has 1 N–H and O–H groups in total. The number of hydrogen-bond donors (Lipinski definition) is 1. The van der Waals surface area contributed by atoms with Crippen LogP contribution in [0.3, 0.4) is 0 Å². The molecule has 1 amide bonds. The van der Waals surface area contributed by atoms with E-state index in [9.17, 15) is 19.7 Å². The lowest BCUT2D eigenvalue weighted by molar-refractivity contribution is -0.384. The number of nitrogens with zero attached hydrogens (tertiary/aromatic N) is 2. The summed E-state index contributed by atoms with van der Waals surface area (Å²) in [4.78, 5) is 33.0. The summed E-state index contributed by atoms with van der Waals surface area (Å²) >= 11 is 0. The van der Waals surface area contributed by atoms with E-state index in [-0.39, 0.29) is 17.0 Å². The summed E-state index contributed by atoms with van der Waals surface area (Å²) in [5.74, 6) is -0.377. The maximum absolute atomic E-state index is 11.9. The van der Waals surface area contributed by atoms with Gasteiger partial charge in [0.25, 0.3) is 11.6 Å². The number of nitrogens with one attached hydrogen (secondary N) is 1. The molecule has 0 fully saturated rings. The SMILES string of the molecule is COc1cc(C=NNC(=O)c2ccc([N+](=O)[O-])cc2)ccc1OC(C)=O. The zero-order valence-electron chi connectivity index (χ0n) is 14.0. The number of ether oxygens (including phenoxy) is 2. The van der Waals surface area contributed by atoms with Crippen molar-refractivity contribution in [3.05, 3.63) is 63.7 Å². The van der Waals surface area contributed by atoms with E-state index < -0.39 is 16.8 Å². The molecule has 2 aromatic rings. The van der Waals surface area contributed by atoms with Gasteiger partial charge < -0.3 is 9.47 Å². The second-order valence-electron chi connectivity index (χ2n) is 5.01. The number of carbonyl (C=O) groups excluding carboxylic acids is 2. The molecule has 0 atom stereocenters. The van der Waals surface area contributed by atoms with Gasteiger partial charge in [0.2, 0.25) is 0 Å². The van der Waals surface area contributed by atoms with E-state index in [1.54, 1.807) is 18.2 Å². The number of carbonyl (C=O) groups is 2. The van der Waals surface area contributed by atoms with Crippen molar-refractivity contribution in [3.8, 4) is 11.5 Å². The minimum absolute atomic E-state index is 0.106. The smallest absolute Gasteiger partial charge is 0.308 e. The molecule has 9 heteroatoms. The Morgan fingerprint density at radius 2 is 1.85 bits per heavy atom. The number of hydrazone groups is 1. The molecule has 0 saturated heterocycles. The maximum atomic E-state index is 11.9. The highest BCUT2D eigenvalue weighted by Gasteiger charge is 2.09. The van der Waals surface area contributed by atoms with Crippen molar-refractivity contribution >= 4 is 23.8 Å². The fraction of sp³-hybridized carbons (Fsp3) is 0.118. The molecule has 9 nitrogen and oxygen atoms in total. The molecule has 0 unspecified atom stereocenters. The van der Waals surface area contributed by atoms with E-state index >= 15 is 0 Å². The topological polar surface area (TPSA) is 120 Å². The predicted octanol–water partition coefficient (Wildman–Crippen LogP) is 2.29. The minimum atomic E-state index is -0.549. The summed E-state index contributed by atoms with van der Waals surface area (Å²) in [7, 11) is 1.43. The molecule has 0 aliphatic carbocycles. The third-order valence-corrected chi connectivity index (χ3v) is 3.16. The Kier molecular flexibility index (Phi) is 5.99. The normalized spacial score (nSPS) is 10.4. The number of non-ortho nitro benzene ring substituents is 1. The Hall–Kier alpha value is -3.75. The molecule has 134 valence electrons. The van der Waals surface area contributed by atoms with Gasteiger partial charge in [0.05, 0.1) is 18.2 Å². The number of nitro groups is 1. The lowest BCUT2D eigenvalue weighted by Crippen LogP contribution is -2.17. The molecular weight excluding hydrogens is 342 g/mol. The molecule has 0 aliphatic rings. The van der Waals surface area contributed by atoms with Gasteiger partial charge in [-0.3, -0.25) is 19.7 Å². The van der Waals surface area contributed by atoms with E-state index in [2.05, 4.69) is 10.5 Å². The van der Waals surface area contributed by atoms with Crippen molar-refractivity contribution in [2.24, 2.45) is 5.10 Å². The number of amides is 1. The van der Waals surface area contributed by atoms with Crippen molar-refractivity contribution < 1.29 is 24.0 Å². The molecule has 0 bridgehead atoms. The lowest BCUT2D eigenvalue weighted by atomic mass is 10.2. The lowest BCUT2D eigenvalue weighted by Gasteiger charge is -2.08. The first kappa shape index (κ1) is 18.6. The van der Waals surface area contributed by atoms with Crippen LogP contribution >= 0.6 is 0 Å². The zero-order chi connectivity index (χ0) is 19.1. The Morgan fingerprint density at radius 3 is 2.42 bits per heavy atom. The number of benzene rings is 2. The monoisotopic (exact) mass is 357 g/mol. The number of hydrogen-bond acceptors (Lipinski definition) is 7. The Bertz CT molecular complexity index is 861. The predicted molar refractivity (Wildman–Crippen MR) is 92.5 cm³/mol. The number of nitro benzene ring substituents is 1. The summed E-state index contributed by atoms with van der Waals surface area (Å²) < 4.78 is 10.1. The van der Waals surface area contributed by atoms with Crippen molar-refractivity contribution in [2.45, 2.75) is 6.92 Å². The van der Waals surface area contributed by atoms with E-state index in [1.165, 1.54) is 44.5 Å². The first-order valence-corrected chi connectivity index (χ1v) is 7.35. The molecular formula is C17H15N3O6. The molecule has 0 aliphatic heterocycles. The Morgan fingerprint density at radius 1 is 1.15 bits per heavy atom. The summed E-state index contributed by atoms with van der Waals surface area (Å²) in [5, 5.41) is 14.4. The highest BCUT2D eigenvalue weighted by Crippen LogP contribution is 2.27. The third kappa shape index (κ3) is 4.87. The third-order valence-electron chi connectivity index (χ3n) is 3.16. The first-order valence-electron chi connectivity index (χ1n) is 7.35. The van der Waals surface area contributed by atoms with Crippen LogP contribution in [0.2, 0.25) is 0 Å². The van der Waals surface area contributed by atoms with E-state index in [1.807, 2.05) is 0 Å². The van der Waals surface area contributed by atoms with Crippen molar-refractivity contribution in [1.29, 1.82) is 0 Å². The second kappa shape index (κ2) is 8.38. The average molecular weight is 357 g/mol. The maximum Gasteiger partial charge on any atom is 0.308 e. The van der Waals surface area contributed by atoms with Gasteiger partial charge in [0.1, 0.15) is 0 Å². The number of esters is 1. The van der Waals surface area contributed by atoms with Gasteiger partial charge in [-0.05, 0) is 35.9 Å². The fourth-order valence-corrected chi connectivity index (χ4v) is 1.97. The van der Waals surface area contributed by atoms with Crippen LogP contribution in [-0.4, -0.2) is 30.1 Å². The molecule has 0 aromatic heterocycles. The van der Waals surface area contributed by atoms with Gasteiger partial charge in [0.15, 0.2) is 11.5 Å². The standard InChI is InChI=1S/C17H15N3O6/c1-11(21)26-15-8-3-12(9-16(15)25-2)10-18-19-17(22)13-4-6-14(7-5-13)20(23)24/h3-10H,1-2H3,(H,19,22). The zero-order valence-corrected chi connectivity index (χ0v) is 14.0. The second-order valence-corrected chi connectivity index (χ2v) is 5.01. The molecule has 0 spiro atoms. The molecule has 2 rings (SSSR count). The molecule has 0 heterocycles. The summed E-state index contributed by atoms with van der Waals surface area (Å²) in [6.45, 7) is 1.28. The van der Waals surface area contributed by atoms with Gasteiger partial charge >= 0.3 is 5.97 Å². The van der Waals surface area contributed by atoms with Crippen molar-refractivity contribution in [2.75, 3.05) is 7.11 Å². The molecule has 0 saturated carbocycles. The highest BCUT2D eigenvalue weighted by atomic mass is 16.6. The van der Waals surface area contributed by atoms with Crippen LogP contribution in [0.4, 0.5) is 5.69 Å². The quantitative estimate of drug-likeness (QED) is 0.278. The largest absolute Gasteiger partial charge is 0.493 e. The minimum Gasteiger partial charge on any atom is -0.493 e. The summed E-state index contributed by atoms with van der Waals surface area (Å²) in [6, 6.07) is 9.89. The van der Waals surface area contributed by atoms with Crippen LogP contribution in [0.5, 0.6) is 11.5 Å². The van der Waals surface area contributed by atoms with Gasteiger partial charge in [-0.2, -0.15) is 5.10 Å². The van der Waals surface area contributed by atoms with Crippen LogP contribution in [0.15, 0.2) is 47.6 Å². The number of rotatable bonds is 6. The average Bonchev–Trinajstić information content (AvgIpc) is 2.62. The van der Waals surface area contributed by atoms with E-state index in [4.69, 9.17) is 9.47 Å². The van der Waals surface area contributed by atoms with Crippen molar-refractivity contribution in [3.63, 3.8) is 0 Å².